The van der Waals surface area contributed by atoms with Crippen LogP contribution in [0.3, 0.4) is 0 Å². The van der Waals surface area contributed by atoms with Crippen molar-refractivity contribution in [3.05, 3.63) is 49.8 Å². The van der Waals surface area contributed by atoms with Crippen molar-refractivity contribution in [3.8, 4) is 0 Å². The second-order valence-electron chi connectivity index (χ2n) is 3.60. The van der Waals surface area contributed by atoms with Crippen molar-refractivity contribution in [3.63, 3.8) is 0 Å². The van der Waals surface area contributed by atoms with E-state index in [2.05, 4.69) is 5.32 Å². The first-order valence-electron chi connectivity index (χ1n) is 4.94. The molecule has 0 amide bonds. The van der Waals surface area contributed by atoms with E-state index in [-0.39, 0.29) is 5.82 Å². The van der Waals surface area contributed by atoms with E-state index in [0.717, 1.165) is 0 Å². The van der Waals surface area contributed by atoms with Gasteiger partial charge in [-0.25, -0.2) is 4.39 Å². The van der Waals surface area contributed by atoms with Crippen molar-refractivity contribution >= 4 is 62.9 Å². The molecule has 0 aliphatic rings. The zero-order chi connectivity index (χ0) is 13.3. The summed E-state index contributed by atoms with van der Waals surface area (Å²) in [5, 5.41) is 3.96. The largest absolute Gasteiger partial charge is 0.397 e. The summed E-state index contributed by atoms with van der Waals surface area (Å²) in [6.45, 7) is 0. The van der Waals surface area contributed by atoms with Crippen molar-refractivity contribution < 1.29 is 4.39 Å². The minimum absolute atomic E-state index is 0.336. The SMILES string of the molecule is Nc1cc(I)c(F)cc1Nc1ccc(Cl)cc1Cl. The van der Waals surface area contributed by atoms with E-state index in [0.29, 0.717) is 30.7 Å². The highest BCUT2D eigenvalue weighted by Crippen LogP contribution is 2.31. The van der Waals surface area contributed by atoms with Crippen molar-refractivity contribution in [1.82, 2.24) is 0 Å². The van der Waals surface area contributed by atoms with Gasteiger partial charge in [-0.3, -0.25) is 0 Å². The normalized spacial score (nSPS) is 10.4. The van der Waals surface area contributed by atoms with Crippen LogP contribution in [0, 0.1) is 9.39 Å². The smallest absolute Gasteiger partial charge is 0.138 e. The Morgan fingerprint density at radius 1 is 1.11 bits per heavy atom. The van der Waals surface area contributed by atoms with Crippen LogP contribution < -0.4 is 11.1 Å². The average Bonchev–Trinajstić information content (AvgIpc) is 2.29. The van der Waals surface area contributed by atoms with Gasteiger partial charge in [-0.2, -0.15) is 0 Å². The van der Waals surface area contributed by atoms with Crippen LogP contribution in [0.1, 0.15) is 0 Å². The van der Waals surface area contributed by atoms with Crippen molar-refractivity contribution in [2.75, 3.05) is 11.1 Å². The van der Waals surface area contributed by atoms with Crippen LogP contribution in [0.25, 0.3) is 0 Å². The molecule has 0 saturated heterocycles. The lowest BCUT2D eigenvalue weighted by molar-refractivity contribution is 0.621. The summed E-state index contributed by atoms with van der Waals surface area (Å²) in [6, 6.07) is 7.89. The average molecular weight is 397 g/mol. The summed E-state index contributed by atoms with van der Waals surface area (Å²) >= 11 is 13.7. The number of hydrogen-bond acceptors (Lipinski definition) is 2. The summed E-state index contributed by atoms with van der Waals surface area (Å²) in [4.78, 5) is 0. The van der Waals surface area contributed by atoms with Crippen molar-refractivity contribution in [2.45, 2.75) is 0 Å². The first kappa shape index (κ1) is 13.7. The summed E-state index contributed by atoms with van der Waals surface area (Å²) in [6.07, 6.45) is 0. The second-order valence-corrected chi connectivity index (χ2v) is 5.61. The lowest BCUT2D eigenvalue weighted by Crippen LogP contribution is -1.99. The van der Waals surface area contributed by atoms with E-state index in [1.807, 2.05) is 22.6 Å². The van der Waals surface area contributed by atoms with Gasteiger partial charge in [-0.15, -0.1) is 0 Å². The van der Waals surface area contributed by atoms with Gasteiger partial charge >= 0.3 is 0 Å². The van der Waals surface area contributed by atoms with Gasteiger partial charge in [0.15, 0.2) is 0 Å². The number of nitrogens with two attached hydrogens (primary N) is 1. The van der Waals surface area contributed by atoms with E-state index in [1.54, 1.807) is 24.3 Å². The molecule has 0 bridgehead atoms. The quantitative estimate of drug-likeness (QED) is 0.549. The number of halogens is 4. The Morgan fingerprint density at radius 2 is 1.83 bits per heavy atom. The molecule has 0 spiro atoms. The Bertz CT molecular complexity index is 605. The summed E-state index contributed by atoms with van der Waals surface area (Å²) in [7, 11) is 0. The third kappa shape index (κ3) is 2.99. The first-order chi connectivity index (χ1) is 8.47. The lowest BCUT2D eigenvalue weighted by Gasteiger charge is -2.12. The molecule has 2 aromatic carbocycles. The highest BCUT2D eigenvalue weighted by atomic mass is 127. The van der Waals surface area contributed by atoms with E-state index >= 15 is 0 Å². The molecule has 18 heavy (non-hydrogen) atoms. The fourth-order valence-electron chi connectivity index (χ4n) is 1.41. The molecule has 0 unspecified atom stereocenters. The molecule has 0 fully saturated rings. The Kier molecular flexibility index (Phi) is 4.19. The zero-order valence-corrected chi connectivity index (χ0v) is 12.6. The van der Waals surface area contributed by atoms with Gasteiger partial charge in [-0.1, -0.05) is 23.2 Å². The predicted molar refractivity (Wildman–Crippen MR) is 83.3 cm³/mol. The minimum Gasteiger partial charge on any atom is -0.397 e. The Hall–Kier alpha value is -0.720. The van der Waals surface area contributed by atoms with Gasteiger partial charge in [0.1, 0.15) is 5.82 Å². The number of rotatable bonds is 2. The fraction of sp³-hybridized carbons (Fsp3) is 0. The molecule has 0 aromatic heterocycles. The standard InChI is InChI=1S/C12H8Cl2FIN2/c13-6-1-2-11(7(14)3-6)18-12-4-8(15)9(16)5-10(12)17/h1-5,18H,17H2. The molecule has 0 radical (unpaired) electrons. The molecular formula is C12H8Cl2FIN2. The van der Waals surface area contributed by atoms with E-state index in [1.165, 1.54) is 6.07 Å². The molecule has 2 rings (SSSR count). The van der Waals surface area contributed by atoms with Gasteiger partial charge < -0.3 is 11.1 Å². The number of anilines is 3. The molecule has 0 aliphatic heterocycles. The molecular weight excluding hydrogens is 389 g/mol. The molecule has 2 aromatic rings. The Balaban J connectivity index is 2.37. The molecule has 6 heteroatoms. The number of benzene rings is 2. The van der Waals surface area contributed by atoms with Crippen LogP contribution in [0.5, 0.6) is 0 Å². The molecule has 94 valence electrons. The fourth-order valence-corrected chi connectivity index (χ4v) is 2.35. The third-order valence-corrected chi connectivity index (χ3v) is 3.67. The van der Waals surface area contributed by atoms with Crippen LogP contribution in [-0.2, 0) is 0 Å². The highest BCUT2D eigenvalue weighted by molar-refractivity contribution is 14.1. The van der Waals surface area contributed by atoms with Gasteiger partial charge in [-0.05, 0) is 46.9 Å². The van der Waals surface area contributed by atoms with Crippen LogP contribution in [0.2, 0.25) is 10.0 Å². The van der Waals surface area contributed by atoms with E-state index in [4.69, 9.17) is 28.9 Å². The van der Waals surface area contributed by atoms with Crippen molar-refractivity contribution in [1.29, 1.82) is 0 Å². The third-order valence-electron chi connectivity index (χ3n) is 2.29. The first-order valence-corrected chi connectivity index (χ1v) is 6.77. The molecule has 3 N–H and O–H groups in total. The summed E-state index contributed by atoms with van der Waals surface area (Å²) in [5.74, 6) is -0.336. The second kappa shape index (κ2) is 5.50. The van der Waals surface area contributed by atoms with Crippen LogP contribution >= 0.6 is 45.8 Å². The zero-order valence-electron chi connectivity index (χ0n) is 8.98. The predicted octanol–water partition coefficient (Wildman–Crippen LogP) is 5.06. The maximum absolute atomic E-state index is 13.5. The molecule has 0 aliphatic carbocycles. The summed E-state index contributed by atoms with van der Waals surface area (Å²) in [5.41, 5.74) is 7.35. The van der Waals surface area contributed by atoms with Gasteiger partial charge in [0.2, 0.25) is 0 Å². The van der Waals surface area contributed by atoms with Crippen LogP contribution in [-0.4, -0.2) is 0 Å². The molecule has 0 heterocycles. The molecule has 0 atom stereocenters. The highest BCUT2D eigenvalue weighted by Gasteiger charge is 2.08. The molecule has 0 saturated carbocycles. The minimum atomic E-state index is -0.336. The monoisotopic (exact) mass is 396 g/mol. The maximum atomic E-state index is 13.5. The van der Waals surface area contributed by atoms with Crippen LogP contribution in [0.4, 0.5) is 21.5 Å². The van der Waals surface area contributed by atoms with Gasteiger partial charge in [0.05, 0.1) is 25.7 Å². The van der Waals surface area contributed by atoms with E-state index < -0.39 is 0 Å². The Labute approximate surface area is 127 Å². The topological polar surface area (TPSA) is 38.0 Å². The Morgan fingerprint density at radius 3 is 2.50 bits per heavy atom. The number of hydrogen-bond donors (Lipinski definition) is 2. The summed E-state index contributed by atoms with van der Waals surface area (Å²) < 4.78 is 13.9. The molecule has 2 nitrogen and oxygen atoms in total. The number of nitrogens with one attached hydrogen (secondary N) is 1. The van der Waals surface area contributed by atoms with E-state index in [9.17, 15) is 4.39 Å². The number of nitrogen functional groups attached to an aromatic ring is 1. The van der Waals surface area contributed by atoms with Crippen LogP contribution in [0.15, 0.2) is 30.3 Å². The van der Waals surface area contributed by atoms with Gasteiger partial charge in [0, 0.05) is 11.1 Å². The van der Waals surface area contributed by atoms with Crippen molar-refractivity contribution in [2.24, 2.45) is 0 Å². The maximum Gasteiger partial charge on any atom is 0.138 e. The lowest BCUT2D eigenvalue weighted by atomic mass is 10.2. The van der Waals surface area contributed by atoms with Gasteiger partial charge in [0.25, 0.3) is 0 Å².